The number of benzene rings is 1. The van der Waals surface area contributed by atoms with Crippen LogP contribution in [0.15, 0.2) is 34.7 Å². The minimum Gasteiger partial charge on any atom is -0.478 e. The number of hydrogen-bond donors (Lipinski definition) is 2. The van der Waals surface area contributed by atoms with E-state index in [4.69, 9.17) is 9.52 Å². The lowest BCUT2D eigenvalue weighted by molar-refractivity contribution is -0.137. The normalized spacial score (nSPS) is 15.5. The van der Waals surface area contributed by atoms with Crippen molar-refractivity contribution in [3.8, 4) is 0 Å². The fourth-order valence-corrected chi connectivity index (χ4v) is 2.94. The van der Waals surface area contributed by atoms with Gasteiger partial charge in [0.15, 0.2) is 0 Å². The van der Waals surface area contributed by atoms with Gasteiger partial charge in [-0.1, -0.05) is 18.2 Å². The van der Waals surface area contributed by atoms with Crippen molar-refractivity contribution >= 4 is 11.9 Å². The molecule has 3 rings (SSSR count). The van der Waals surface area contributed by atoms with Crippen molar-refractivity contribution in [1.82, 2.24) is 5.32 Å². The van der Waals surface area contributed by atoms with Crippen molar-refractivity contribution in [2.45, 2.75) is 37.9 Å². The van der Waals surface area contributed by atoms with E-state index in [1.807, 2.05) is 0 Å². The molecule has 2 aromatic rings. The predicted octanol–water partition coefficient (Wildman–Crippen LogP) is 3.65. The zero-order valence-electron chi connectivity index (χ0n) is 13.8. The number of nitrogens with one attached hydrogen (secondary N) is 1. The largest absolute Gasteiger partial charge is 0.478 e. The molecule has 0 spiro atoms. The maximum atomic E-state index is 12.9. The van der Waals surface area contributed by atoms with Crippen molar-refractivity contribution in [1.29, 1.82) is 0 Å². The number of rotatable bonds is 5. The van der Waals surface area contributed by atoms with Gasteiger partial charge in [0.1, 0.15) is 17.1 Å². The highest BCUT2D eigenvalue weighted by molar-refractivity contribution is 5.91. The summed E-state index contributed by atoms with van der Waals surface area (Å²) in [6, 6.07) is 6.10. The van der Waals surface area contributed by atoms with E-state index < -0.39 is 29.0 Å². The van der Waals surface area contributed by atoms with E-state index in [1.54, 1.807) is 0 Å². The Kier molecular flexibility index (Phi) is 4.29. The second-order valence-corrected chi connectivity index (χ2v) is 6.33. The molecule has 0 bridgehead atoms. The topological polar surface area (TPSA) is 79.5 Å². The first-order valence-electron chi connectivity index (χ1n) is 7.92. The molecular weight excluding hydrogens is 351 g/mol. The van der Waals surface area contributed by atoms with Crippen molar-refractivity contribution in [2.24, 2.45) is 0 Å². The number of amides is 1. The smallest absolute Gasteiger partial charge is 0.416 e. The molecular formula is C18H16F3NO4. The quantitative estimate of drug-likeness (QED) is 0.845. The number of carboxylic acid groups (broad SMARTS) is 1. The summed E-state index contributed by atoms with van der Waals surface area (Å²) >= 11 is 0. The van der Waals surface area contributed by atoms with Crippen LogP contribution in [-0.4, -0.2) is 17.0 Å². The zero-order chi connectivity index (χ0) is 19.1. The Bertz CT molecular complexity index is 866. The van der Waals surface area contributed by atoms with E-state index >= 15 is 0 Å². The van der Waals surface area contributed by atoms with Crippen LogP contribution in [0.25, 0.3) is 0 Å². The third-order valence-electron chi connectivity index (χ3n) is 4.55. The lowest BCUT2D eigenvalue weighted by Gasteiger charge is -2.17. The van der Waals surface area contributed by atoms with Crippen LogP contribution in [0.2, 0.25) is 0 Å². The molecule has 1 aromatic heterocycles. The van der Waals surface area contributed by atoms with Gasteiger partial charge >= 0.3 is 12.1 Å². The number of aromatic carboxylic acids is 1. The molecule has 1 heterocycles. The average Bonchev–Trinajstić information content (AvgIpc) is 3.30. The summed E-state index contributed by atoms with van der Waals surface area (Å²) < 4.78 is 44.0. The molecule has 5 nitrogen and oxygen atoms in total. The molecule has 0 aliphatic heterocycles. The number of hydrogen-bond acceptors (Lipinski definition) is 3. The second-order valence-electron chi connectivity index (χ2n) is 6.33. The van der Waals surface area contributed by atoms with Crippen LogP contribution in [-0.2, 0) is 22.9 Å². The first-order chi connectivity index (χ1) is 12.1. The molecule has 0 unspecified atom stereocenters. The third kappa shape index (κ3) is 3.31. The molecule has 1 aliphatic rings. The van der Waals surface area contributed by atoms with Gasteiger partial charge in [-0.05, 0) is 37.5 Å². The molecule has 2 N–H and O–H groups in total. The summed E-state index contributed by atoms with van der Waals surface area (Å²) in [5.41, 5.74) is -1.43. The number of furan rings is 1. The maximum absolute atomic E-state index is 12.9. The second kappa shape index (κ2) is 6.19. The summed E-state index contributed by atoms with van der Waals surface area (Å²) in [5, 5.41) is 11.6. The summed E-state index contributed by atoms with van der Waals surface area (Å²) in [5.74, 6) is -1.04. The Morgan fingerprint density at radius 3 is 2.50 bits per heavy atom. The van der Waals surface area contributed by atoms with Crippen LogP contribution >= 0.6 is 0 Å². The maximum Gasteiger partial charge on any atom is 0.416 e. The summed E-state index contributed by atoms with van der Waals surface area (Å²) in [4.78, 5) is 23.5. The lowest BCUT2D eigenvalue weighted by atomic mass is 9.93. The van der Waals surface area contributed by atoms with Gasteiger partial charge in [0.05, 0.1) is 17.5 Å². The Balaban J connectivity index is 1.74. The molecule has 0 saturated heterocycles. The summed E-state index contributed by atoms with van der Waals surface area (Å²) in [7, 11) is 0. The third-order valence-corrected chi connectivity index (χ3v) is 4.55. The summed E-state index contributed by atoms with van der Waals surface area (Å²) in [6.45, 7) is 1.47. The Morgan fingerprint density at radius 2 is 1.96 bits per heavy atom. The van der Waals surface area contributed by atoms with Gasteiger partial charge in [0, 0.05) is 0 Å². The standard InChI is InChI=1S/C18H16F3NO4/c1-10-14(15(23)24)8-13(26-10)9-22-16(25)17(5-6-17)11-3-2-4-12(7-11)18(19,20)21/h2-4,7-8H,5-6,9H2,1H3,(H,22,25)(H,23,24). The van der Waals surface area contributed by atoms with Crippen molar-refractivity contribution in [3.63, 3.8) is 0 Å². The monoisotopic (exact) mass is 367 g/mol. The van der Waals surface area contributed by atoms with Crippen LogP contribution in [0, 0.1) is 6.92 Å². The van der Waals surface area contributed by atoms with E-state index in [0.717, 1.165) is 12.1 Å². The van der Waals surface area contributed by atoms with Gasteiger partial charge < -0.3 is 14.8 Å². The zero-order valence-corrected chi connectivity index (χ0v) is 13.8. The van der Waals surface area contributed by atoms with Gasteiger partial charge in [-0.2, -0.15) is 13.2 Å². The molecule has 0 radical (unpaired) electrons. The molecule has 1 fully saturated rings. The first kappa shape index (κ1) is 18.0. The molecule has 1 amide bonds. The highest BCUT2D eigenvalue weighted by Crippen LogP contribution is 2.49. The van der Waals surface area contributed by atoms with Crippen LogP contribution < -0.4 is 5.32 Å². The van der Waals surface area contributed by atoms with Crippen LogP contribution in [0.1, 0.15) is 45.8 Å². The van der Waals surface area contributed by atoms with Crippen LogP contribution in [0.3, 0.4) is 0 Å². The Morgan fingerprint density at radius 1 is 1.27 bits per heavy atom. The molecule has 1 saturated carbocycles. The number of carbonyl (C=O) groups is 2. The Labute approximate surface area is 146 Å². The van der Waals surface area contributed by atoms with Crippen molar-refractivity contribution in [2.75, 3.05) is 0 Å². The number of alkyl halides is 3. The van der Waals surface area contributed by atoms with Crippen molar-refractivity contribution in [3.05, 3.63) is 58.5 Å². The number of carbonyl (C=O) groups excluding carboxylic acids is 1. The van der Waals surface area contributed by atoms with Gasteiger partial charge in [-0.15, -0.1) is 0 Å². The average molecular weight is 367 g/mol. The van der Waals surface area contributed by atoms with E-state index in [1.165, 1.54) is 25.1 Å². The van der Waals surface area contributed by atoms with E-state index in [0.29, 0.717) is 18.4 Å². The predicted molar refractivity (Wildman–Crippen MR) is 84.6 cm³/mol. The molecule has 26 heavy (non-hydrogen) atoms. The summed E-state index contributed by atoms with van der Waals surface area (Å²) in [6.07, 6.45) is -3.56. The van der Waals surface area contributed by atoms with E-state index in [9.17, 15) is 22.8 Å². The Hall–Kier alpha value is -2.77. The molecule has 0 atom stereocenters. The SMILES string of the molecule is Cc1oc(CNC(=O)C2(c3cccc(C(F)(F)F)c3)CC2)cc1C(=O)O. The lowest BCUT2D eigenvalue weighted by Crippen LogP contribution is -2.34. The minimum absolute atomic E-state index is 0.00765. The van der Waals surface area contributed by atoms with Gasteiger partial charge in [-0.25, -0.2) is 4.79 Å². The number of halogens is 3. The van der Waals surface area contributed by atoms with Gasteiger partial charge in [0.25, 0.3) is 0 Å². The van der Waals surface area contributed by atoms with E-state index in [-0.39, 0.29) is 23.6 Å². The van der Waals surface area contributed by atoms with Crippen molar-refractivity contribution < 1.29 is 32.3 Å². The number of aryl methyl sites for hydroxylation is 1. The fourth-order valence-electron chi connectivity index (χ4n) is 2.94. The fraction of sp³-hybridized carbons (Fsp3) is 0.333. The highest BCUT2D eigenvalue weighted by Gasteiger charge is 2.51. The first-order valence-corrected chi connectivity index (χ1v) is 7.92. The number of carboxylic acids is 1. The molecule has 1 aliphatic carbocycles. The van der Waals surface area contributed by atoms with E-state index in [2.05, 4.69) is 5.32 Å². The highest BCUT2D eigenvalue weighted by atomic mass is 19.4. The minimum atomic E-state index is -4.47. The van der Waals surface area contributed by atoms with Gasteiger partial charge in [-0.3, -0.25) is 4.79 Å². The van der Waals surface area contributed by atoms with Crippen LogP contribution in [0.5, 0.6) is 0 Å². The molecule has 8 heteroatoms. The van der Waals surface area contributed by atoms with Gasteiger partial charge in [0.2, 0.25) is 5.91 Å². The molecule has 1 aromatic carbocycles. The van der Waals surface area contributed by atoms with Crippen LogP contribution in [0.4, 0.5) is 13.2 Å². The molecule has 138 valence electrons.